The van der Waals surface area contributed by atoms with E-state index in [1.165, 1.54) is 6.07 Å². The summed E-state index contributed by atoms with van der Waals surface area (Å²) in [6.07, 6.45) is 0.412. The molecule has 0 unspecified atom stereocenters. The van der Waals surface area contributed by atoms with Gasteiger partial charge in [-0.2, -0.15) is 0 Å². The van der Waals surface area contributed by atoms with Crippen molar-refractivity contribution < 1.29 is 22.7 Å². The summed E-state index contributed by atoms with van der Waals surface area (Å²) in [7, 11) is -2.30. The average Bonchev–Trinajstić information content (AvgIpc) is 3.01. The van der Waals surface area contributed by atoms with E-state index in [4.69, 9.17) is 9.47 Å². The lowest BCUT2D eigenvalue weighted by atomic mass is 9.96. The van der Waals surface area contributed by atoms with Crippen molar-refractivity contribution in [2.45, 2.75) is 10.6 Å². The molecule has 0 saturated heterocycles. The van der Waals surface area contributed by atoms with Crippen molar-refractivity contribution in [1.29, 1.82) is 0 Å². The number of hydrogen-bond donors (Lipinski definition) is 1. The molecule has 1 aromatic heterocycles. The van der Waals surface area contributed by atoms with E-state index in [1.54, 1.807) is 25.3 Å². The first-order valence-electron chi connectivity index (χ1n) is 7.01. The lowest BCUT2D eigenvalue weighted by molar-refractivity contribution is -0.124. The number of benzene rings is 1. The second kappa shape index (κ2) is 6.73. The third-order valence-electron chi connectivity index (χ3n) is 3.60. The number of methoxy groups -OCH3 is 1. The predicted molar refractivity (Wildman–Crippen MR) is 93.0 cm³/mol. The summed E-state index contributed by atoms with van der Waals surface area (Å²) in [5.41, 5.74) is 0.846. The van der Waals surface area contributed by atoms with Crippen LogP contribution in [0.3, 0.4) is 0 Å². The second-order valence-electron chi connectivity index (χ2n) is 5.21. The Labute approximate surface area is 152 Å². The van der Waals surface area contributed by atoms with Gasteiger partial charge in [0.1, 0.15) is 22.3 Å². The number of nitrogens with one attached hydrogen (secondary N) is 1. The highest BCUT2D eigenvalue weighted by atomic mass is 79.9. The fourth-order valence-corrected chi connectivity index (χ4v) is 5.41. The van der Waals surface area contributed by atoms with Crippen molar-refractivity contribution >= 4 is 43.2 Å². The van der Waals surface area contributed by atoms with Gasteiger partial charge in [0, 0.05) is 6.07 Å². The van der Waals surface area contributed by atoms with Crippen LogP contribution in [-0.2, 0) is 21.2 Å². The number of fused-ring (bicyclic) bond motifs is 1. The molecule has 0 aliphatic carbocycles. The maximum absolute atomic E-state index is 12.3. The van der Waals surface area contributed by atoms with Crippen molar-refractivity contribution in [1.82, 2.24) is 4.72 Å². The second-order valence-corrected chi connectivity index (χ2v) is 9.59. The minimum atomic E-state index is -3.86. The molecule has 0 saturated carbocycles. The van der Waals surface area contributed by atoms with E-state index in [-0.39, 0.29) is 10.8 Å². The minimum absolute atomic E-state index is 0.0876. The Kier molecular flexibility index (Phi) is 4.84. The summed E-state index contributed by atoms with van der Waals surface area (Å²) in [5.74, 6) is 0.191. The van der Waals surface area contributed by atoms with Crippen molar-refractivity contribution in [2.75, 3.05) is 13.7 Å². The van der Waals surface area contributed by atoms with Crippen molar-refractivity contribution in [2.24, 2.45) is 5.92 Å². The zero-order chi connectivity index (χ0) is 17.3. The molecule has 3 rings (SSSR count). The van der Waals surface area contributed by atoms with E-state index >= 15 is 0 Å². The van der Waals surface area contributed by atoms with Crippen LogP contribution in [0.15, 0.2) is 38.3 Å². The van der Waals surface area contributed by atoms with E-state index in [9.17, 15) is 13.2 Å². The molecule has 1 aliphatic heterocycles. The Morgan fingerprint density at radius 3 is 2.83 bits per heavy atom. The quantitative estimate of drug-likeness (QED) is 0.804. The zero-order valence-electron chi connectivity index (χ0n) is 12.6. The predicted octanol–water partition coefficient (Wildman–Crippen LogP) is 2.58. The van der Waals surface area contributed by atoms with Gasteiger partial charge in [-0.05, 0) is 46.1 Å². The Morgan fingerprint density at radius 1 is 1.38 bits per heavy atom. The molecule has 24 heavy (non-hydrogen) atoms. The molecule has 0 spiro atoms. The van der Waals surface area contributed by atoms with Gasteiger partial charge >= 0.3 is 0 Å². The largest absolute Gasteiger partial charge is 0.497 e. The normalized spacial score (nSPS) is 16.8. The molecule has 1 atom stereocenters. The molecule has 1 amide bonds. The summed E-state index contributed by atoms with van der Waals surface area (Å²) in [6, 6.07) is 8.42. The van der Waals surface area contributed by atoms with Gasteiger partial charge in [0.05, 0.1) is 16.8 Å². The van der Waals surface area contributed by atoms with Gasteiger partial charge in [-0.1, -0.05) is 6.07 Å². The van der Waals surface area contributed by atoms with Gasteiger partial charge in [-0.25, -0.2) is 13.1 Å². The standard InChI is InChI=1S/C15H14BrNO5S2/c1-21-11-3-2-9-6-10(8-22-12(9)7-11)15(18)17-24(19,20)14-5-4-13(16)23-14/h2-5,7,10H,6,8H2,1H3,(H,17,18)/t10-/m1/s1. The first-order chi connectivity index (χ1) is 11.4. The van der Waals surface area contributed by atoms with Crippen LogP contribution in [-0.4, -0.2) is 28.0 Å². The average molecular weight is 432 g/mol. The van der Waals surface area contributed by atoms with Crippen LogP contribution in [0.1, 0.15) is 5.56 Å². The van der Waals surface area contributed by atoms with Gasteiger partial charge < -0.3 is 9.47 Å². The molecule has 9 heteroatoms. The fourth-order valence-electron chi connectivity index (χ4n) is 2.36. The number of carbonyl (C=O) groups excluding carboxylic acids is 1. The van der Waals surface area contributed by atoms with Gasteiger partial charge in [-0.15, -0.1) is 11.3 Å². The van der Waals surface area contributed by atoms with Crippen LogP contribution in [0.25, 0.3) is 0 Å². The molecular weight excluding hydrogens is 418 g/mol. The fraction of sp³-hybridized carbons (Fsp3) is 0.267. The molecule has 2 heterocycles. The number of thiophene rings is 1. The van der Waals surface area contributed by atoms with Crippen LogP contribution >= 0.6 is 27.3 Å². The summed E-state index contributed by atoms with van der Waals surface area (Å²) in [5, 5.41) is 0. The van der Waals surface area contributed by atoms with Crippen LogP contribution in [0.4, 0.5) is 0 Å². The smallest absolute Gasteiger partial charge is 0.273 e. The molecule has 128 valence electrons. The van der Waals surface area contributed by atoms with E-state index in [0.29, 0.717) is 21.7 Å². The van der Waals surface area contributed by atoms with Crippen LogP contribution < -0.4 is 14.2 Å². The molecular formula is C15H14BrNO5S2. The number of sulfonamides is 1. The minimum Gasteiger partial charge on any atom is -0.497 e. The number of carbonyl (C=O) groups is 1. The van der Waals surface area contributed by atoms with Gasteiger partial charge in [0.25, 0.3) is 10.0 Å². The topological polar surface area (TPSA) is 81.7 Å². The van der Waals surface area contributed by atoms with Crippen molar-refractivity contribution in [3.05, 3.63) is 39.7 Å². The highest BCUT2D eigenvalue weighted by Gasteiger charge is 2.30. The van der Waals surface area contributed by atoms with Gasteiger partial charge in [-0.3, -0.25) is 4.79 Å². The molecule has 0 bridgehead atoms. The van der Waals surface area contributed by atoms with Gasteiger partial charge in [0.2, 0.25) is 5.91 Å². The highest BCUT2D eigenvalue weighted by molar-refractivity contribution is 9.11. The highest BCUT2D eigenvalue weighted by Crippen LogP contribution is 2.31. The number of hydrogen-bond acceptors (Lipinski definition) is 6. The van der Waals surface area contributed by atoms with E-state index in [2.05, 4.69) is 20.7 Å². The zero-order valence-corrected chi connectivity index (χ0v) is 15.8. The number of amides is 1. The SMILES string of the molecule is COc1ccc2c(c1)OC[C@H](C(=O)NS(=O)(=O)c1ccc(Br)s1)C2. The summed E-state index contributed by atoms with van der Waals surface area (Å²) in [6.45, 7) is 0.121. The van der Waals surface area contributed by atoms with E-state index < -0.39 is 21.8 Å². The van der Waals surface area contributed by atoms with Gasteiger partial charge in [0.15, 0.2) is 0 Å². The number of ether oxygens (including phenoxy) is 2. The Balaban J connectivity index is 1.72. The summed E-state index contributed by atoms with van der Waals surface area (Å²) >= 11 is 4.25. The van der Waals surface area contributed by atoms with Crippen molar-refractivity contribution in [3.8, 4) is 11.5 Å². The number of halogens is 1. The molecule has 6 nitrogen and oxygen atoms in total. The first-order valence-corrected chi connectivity index (χ1v) is 10.1. The number of rotatable bonds is 4. The molecule has 2 aromatic rings. The van der Waals surface area contributed by atoms with Crippen LogP contribution in [0.5, 0.6) is 11.5 Å². The lowest BCUT2D eigenvalue weighted by Gasteiger charge is -2.24. The Hall–Kier alpha value is -1.58. The maximum Gasteiger partial charge on any atom is 0.273 e. The van der Waals surface area contributed by atoms with Crippen molar-refractivity contribution in [3.63, 3.8) is 0 Å². The van der Waals surface area contributed by atoms with E-state index in [0.717, 1.165) is 16.9 Å². The van der Waals surface area contributed by atoms with Crippen LogP contribution in [0, 0.1) is 5.92 Å². The molecule has 0 radical (unpaired) electrons. The Morgan fingerprint density at radius 2 is 2.17 bits per heavy atom. The summed E-state index contributed by atoms with van der Waals surface area (Å²) < 4.78 is 38.1. The Bertz CT molecular complexity index is 878. The monoisotopic (exact) mass is 431 g/mol. The molecule has 1 aromatic carbocycles. The summed E-state index contributed by atoms with van der Waals surface area (Å²) in [4.78, 5) is 12.3. The lowest BCUT2D eigenvalue weighted by Crippen LogP contribution is -2.40. The third kappa shape index (κ3) is 3.57. The van der Waals surface area contributed by atoms with Crippen LogP contribution in [0.2, 0.25) is 0 Å². The molecule has 1 N–H and O–H groups in total. The van der Waals surface area contributed by atoms with E-state index in [1.807, 2.05) is 6.07 Å². The third-order valence-corrected chi connectivity index (χ3v) is 7.06. The first kappa shape index (κ1) is 17.2. The molecule has 0 fully saturated rings. The maximum atomic E-state index is 12.3. The molecule has 1 aliphatic rings.